The van der Waals surface area contributed by atoms with Gasteiger partial charge in [-0.3, -0.25) is 0 Å². The van der Waals surface area contributed by atoms with Gasteiger partial charge >= 0.3 is 5.97 Å². The first-order valence-electron chi connectivity index (χ1n) is 17.5. The Morgan fingerprint density at radius 3 is 2.04 bits per heavy atom. The smallest absolute Gasteiger partial charge is 0.333 e. The van der Waals surface area contributed by atoms with Crippen molar-refractivity contribution in [3.8, 4) is 28.0 Å². The van der Waals surface area contributed by atoms with E-state index in [0.717, 1.165) is 36.1 Å². The number of unbranched alkanes of at least 4 members (excludes halogenated alkanes) is 2. The zero-order valence-electron chi connectivity index (χ0n) is 29.8. The molecule has 0 radical (unpaired) electrons. The number of hydrogen-bond acceptors (Lipinski definition) is 5. The molecule has 256 valence electrons. The Morgan fingerprint density at radius 2 is 1.43 bits per heavy atom. The van der Waals surface area contributed by atoms with Crippen LogP contribution in [0.25, 0.3) is 22.3 Å². The number of aliphatic hydroxyl groups excluding tert-OH is 2. The van der Waals surface area contributed by atoms with Gasteiger partial charge in [0.15, 0.2) is 0 Å². The molecule has 0 amide bonds. The molecular weight excluding hydrogens is 584 g/mol. The SMILES string of the molecule is C=C(C)C(=O)OCCc1cc(-c2ccc(-c3ccc(CCCCC)cc3)cc2CC)ccc1OCCC(CO)(CO)CCC(C)(C)C. The molecule has 3 rings (SSSR count). The van der Waals surface area contributed by atoms with E-state index in [0.29, 0.717) is 31.4 Å². The summed E-state index contributed by atoms with van der Waals surface area (Å²) in [5, 5.41) is 20.4. The van der Waals surface area contributed by atoms with Crippen molar-refractivity contribution >= 4 is 5.97 Å². The van der Waals surface area contributed by atoms with E-state index >= 15 is 0 Å². The van der Waals surface area contributed by atoms with Gasteiger partial charge in [0, 0.05) is 17.4 Å². The summed E-state index contributed by atoms with van der Waals surface area (Å²) in [6.45, 7) is 16.6. The zero-order valence-corrected chi connectivity index (χ0v) is 29.8. The number of carbonyl (C=O) groups is 1. The number of esters is 1. The van der Waals surface area contributed by atoms with Crippen LogP contribution in [-0.2, 0) is 28.8 Å². The molecule has 3 aromatic rings. The second-order valence-electron chi connectivity index (χ2n) is 14.3. The number of carbonyl (C=O) groups excluding carboxylic acids is 1. The minimum Gasteiger partial charge on any atom is -0.493 e. The summed E-state index contributed by atoms with van der Waals surface area (Å²) in [7, 11) is 0. The van der Waals surface area contributed by atoms with Crippen LogP contribution >= 0.6 is 0 Å². The van der Waals surface area contributed by atoms with Gasteiger partial charge in [0.25, 0.3) is 0 Å². The van der Waals surface area contributed by atoms with Crippen LogP contribution in [0, 0.1) is 10.8 Å². The Labute approximate surface area is 284 Å². The van der Waals surface area contributed by atoms with Crippen molar-refractivity contribution < 1.29 is 24.5 Å². The third-order valence-corrected chi connectivity index (χ3v) is 9.13. The minimum absolute atomic E-state index is 0.0928. The Kier molecular flexibility index (Phi) is 14.7. The van der Waals surface area contributed by atoms with Gasteiger partial charge in [0.05, 0.1) is 26.4 Å². The summed E-state index contributed by atoms with van der Waals surface area (Å²) in [4.78, 5) is 12.1. The second-order valence-corrected chi connectivity index (χ2v) is 14.3. The van der Waals surface area contributed by atoms with E-state index in [1.165, 1.54) is 47.1 Å². The van der Waals surface area contributed by atoms with Crippen LogP contribution in [0.2, 0.25) is 0 Å². The molecule has 0 heterocycles. The standard InChI is InChI=1S/C42H58O5/c1-8-10-11-12-32-13-15-34(16-14-32)35-17-19-38(33(9-2)27-35)36-18-20-39(37(28-36)21-25-47-40(45)31(3)4)46-26-24-42(29-43,30-44)23-22-41(5,6)7/h13-20,27-28,43-44H,3,8-12,21-26,29-30H2,1-2,4-7H3. The summed E-state index contributed by atoms with van der Waals surface area (Å²) in [6, 6.07) is 21.9. The quantitative estimate of drug-likeness (QED) is 0.0774. The first-order chi connectivity index (χ1) is 22.4. The molecule has 5 heteroatoms. The number of benzene rings is 3. The average Bonchev–Trinajstić information content (AvgIpc) is 3.06. The van der Waals surface area contributed by atoms with Crippen molar-refractivity contribution in [3.05, 3.63) is 89.5 Å². The van der Waals surface area contributed by atoms with E-state index in [9.17, 15) is 15.0 Å². The molecule has 0 atom stereocenters. The van der Waals surface area contributed by atoms with Gasteiger partial charge in [0.2, 0.25) is 0 Å². The molecule has 2 N–H and O–H groups in total. The van der Waals surface area contributed by atoms with Gasteiger partial charge in [0.1, 0.15) is 5.75 Å². The maximum Gasteiger partial charge on any atom is 0.333 e. The van der Waals surface area contributed by atoms with E-state index in [1.807, 2.05) is 6.07 Å². The van der Waals surface area contributed by atoms with Crippen LogP contribution in [0.5, 0.6) is 5.75 Å². The molecule has 0 spiro atoms. The lowest BCUT2D eigenvalue weighted by Crippen LogP contribution is -2.33. The van der Waals surface area contributed by atoms with Crippen molar-refractivity contribution in [3.63, 3.8) is 0 Å². The van der Waals surface area contributed by atoms with E-state index in [4.69, 9.17) is 9.47 Å². The fourth-order valence-electron chi connectivity index (χ4n) is 5.76. The Morgan fingerprint density at radius 1 is 0.766 bits per heavy atom. The maximum atomic E-state index is 12.1. The Hall–Kier alpha value is -3.41. The van der Waals surface area contributed by atoms with Gasteiger partial charge < -0.3 is 19.7 Å². The topological polar surface area (TPSA) is 76.0 Å². The lowest BCUT2D eigenvalue weighted by molar-refractivity contribution is -0.138. The maximum absolute atomic E-state index is 12.1. The van der Waals surface area contributed by atoms with Crippen LogP contribution in [-0.4, -0.2) is 42.6 Å². The van der Waals surface area contributed by atoms with E-state index in [-0.39, 0.29) is 25.2 Å². The lowest BCUT2D eigenvalue weighted by atomic mass is 9.76. The van der Waals surface area contributed by atoms with Gasteiger partial charge in [-0.1, -0.05) is 103 Å². The highest BCUT2D eigenvalue weighted by Crippen LogP contribution is 2.35. The third-order valence-electron chi connectivity index (χ3n) is 9.13. The second kappa shape index (κ2) is 18.2. The van der Waals surface area contributed by atoms with Crippen LogP contribution in [0.1, 0.15) is 96.8 Å². The zero-order chi connectivity index (χ0) is 34.5. The number of aryl methyl sites for hydroxylation is 2. The van der Waals surface area contributed by atoms with Gasteiger partial charge in [-0.2, -0.15) is 0 Å². The number of rotatable bonds is 19. The molecule has 0 aliphatic rings. The molecule has 0 bridgehead atoms. The summed E-state index contributed by atoms with van der Waals surface area (Å²) < 4.78 is 11.8. The van der Waals surface area contributed by atoms with Crippen LogP contribution < -0.4 is 4.74 Å². The third kappa shape index (κ3) is 11.7. The van der Waals surface area contributed by atoms with Crippen LogP contribution in [0.4, 0.5) is 0 Å². The molecule has 0 aliphatic carbocycles. The van der Waals surface area contributed by atoms with Gasteiger partial charge in [-0.05, 0) is 102 Å². The van der Waals surface area contributed by atoms with E-state index in [1.54, 1.807) is 6.92 Å². The Bertz CT molecular complexity index is 1430. The lowest BCUT2D eigenvalue weighted by Gasteiger charge is -2.32. The van der Waals surface area contributed by atoms with Crippen LogP contribution in [0.15, 0.2) is 72.8 Å². The predicted octanol–water partition coefficient (Wildman–Crippen LogP) is 9.54. The van der Waals surface area contributed by atoms with E-state index < -0.39 is 11.4 Å². The average molecular weight is 643 g/mol. The highest BCUT2D eigenvalue weighted by molar-refractivity contribution is 5.86. The summed E-state index contributed by atoms with van der Waals surface area (Å²) in [6.07, 6.45) is 8.38. The number of hydrogen-bond donors (Lipinski definition) is 2. The summed E-state index contributed by atoms with van der Waals surface area (Å²) in [5.74, 6) is 0.311. The fourth-order valence-corrected chi connectivity index (χ4v) is 5.76. The van der Waals surface area contributed by atoms with E-state index in [2.05, 4.69) is 95.8 Å². The molecular formula is C42H58O5. The highest BCUT2D eigenvalue weighted by atomic mass is 16.5. The molecule has 0 saturated heterocycles. The molecule has 0 aliphatic heterocycles. The van der Waals surface area contributed by atoms with Crippen molar-refractivity contribution in [1.82, 2.24) is 0 Å². The van der Waals surface area contributed by atoms with Crippen molar-refractivity contribution in [1.29, 1.82) is 0 Å². The number of ether oxygens (including phenoxy) is 2. The molecule has 47 heavy (non-hydrogen) atoms. The molecule has 3 aromatic carbocycles. The van der Waals surface area contributed by atoms with Crippen molar-refractivity contribution in [2.75, 3.05) is 26.4 Å². The molecule has 0 unspecified atom stereocenters. The van der Waals surface area contributed by atoms with Crippen molar-refractivity contribution in [2.45, 2.75) is 99.3 Å². The normalized spacial score (nSPS) is 11.8. The first-order valence-corrected chi connectivity index (χ1v) is 17.5. The van der Waals surface area contributed by atoms with Gasteiger partial charge in [-0.15, -0.1) is 0 Å². The monoisotopic (exact) mass is 642 g/mol. The molecule has 0 aromatic heterocycles. The Balaban J connectivity index is 1.85. The van der Waals surface area contributed by atoms with Crippen molar-refractivity contribution in [2.24, 2.45) is 10.8 Å². The molecule has 0 saturated carbocycles. The molecule has 5 nitrogen and oxygen atoms in total. The minimum atomic E-state index is -0.600. The van der Waals surface area contributed by atoms with Crippen LogP contribution in [0.3, 0.4) is 0 Å². The fraction of sp³-hybridized carbons (Fsp3) is 0.500. The largest absolute Gasteiger partial charge is 0.493 e. The summed E-state index contributed by atoms with van der Waals surface area (Å²) in [5.41, 5.74) is 8.15. The highest BCUT2D eigenvalue weighted by Gasteiger charge is 2.30. The summed E-state index contributed by atoms with van der Waals surface area (Å²) >= 11 is 0. The number of aliphatic hydroxyl groups is 2. The first kappa shape index (κ1) is 38.0. The molecule has 0 fully saturated rings. The van der Waals surface area contributed by atoms with Gasteiger partial charge in [-0.25, -0.2) is 4.79 Å². The predicted molar refractivity (Wildman–Crippen MR) is 195 cm³/mol.